The van der Waals surface area contributed by atoms with Crippen LogP contribution in [-0.4, -0.2) is 34.2 Å². The molecule has 0 bridgehead atoms. The van der Waals surface area contributed by atoms with Gasteiger partial charge in [0.15, 0.2) is 0 Å². The number of nitro groups is 1. The minimum Gasteiger partial charge on any atom is -0.496 e. The van der Waals surface area contributed by atoms with E-state index in [1.54, 1.807) is 7.11 Å². The quantitative estimate of drug-likeness (QED) is 0.435. The molecule has 0 radical (unpaired) electrons. The fourth-order valence-corrected chi connectivity index (χ4v) is 5.43. The number of H-pyrrole nitrogens is 1. The van der Waals surface area contributed by atoms with Gasteiger partial charge in [0.1, 0.15) is 5.75 Å². The number of halogens is 1. The molecule has 2 heterocycles. The Morgan fingerprint density at radius 1 is 1.24 bits per heavy atom. The topological polar surface area (TPSA) is 119 Å². The van der Waals surface area contributed by atoms with Crippen LogP contribution in [0.25, 0.3) is 10.9 Å². The second-order valence-electron chi connectivity index (χ2n) is 8.53. The Labute approximate surface area is 195 Å². The minimum absolute atomic E-state index is 0. The molecule has 10 heteroatoms. The van der Waals surface area contributed by atoms with Crippen LogP contribution in [0.3, 0.4) is 0 Å². The van der Waals surface area contributed by atoms with E-state index in [0.29, 0.717) is 23.8 Å². The molecule has 0 amide bonds. The summed E-state index contributed by atoms with van der Waals surface area (Å²) < 4.78 is 6.71. The Morgan fingerprint density at radius 3 is 2.82 bits per heavy atom. The van der Waals surface area contributed by atoms with Crippen molar-refractivity contribution >= 4 is 29.0 Å². The lowest BCUT2D eigenvalue weighted by Crippen LogP contribution is -2.38. The van der Waals surface area contributed by atoms with Crippen molar-refractivity contribution in [2.24, 2.45) is 5.92 Å². The van der Waals surface area contributed by atoms with Gasteiger partial charge in [0.05, 0.1) is 22.9 Å². The maximum absolute atomic E-state index is 13.0. The van der Waals surface area contributed by atoms with Gasteiger partial charge in [-0.3, -0.25) is 19.5 Å². The van der Waals surface area contributed by atoms with Crippen LogP contribution in [0.4, 0.5) is 5.69 Å². The Balaban J connectivity index is 0.00000259. The zero-order valence-electron chi connectivity index (χ0n) is 18.1. The van der Waals surface area contributed by atoms with Gasteiger partial charge in [0, 0.05) is 30.6 Å². The molecule has 33 heavy (non-hydrogen) atoms. The molecule has 3 atom stereocenters. The van der Waals surface area contributed by atoms with Crippen LogP contribution >= 0.6 is 12.4 Å². The number of ether oxygens (including phenoxy) is 1. The summed E-state index contributed by atoms with van der Waals surface area (Å²) in [6, 6.07) is 10.2. The zero-order chi connectivity index (χ0) is 22.4. The molecule has 1 saturated heterocycles. The van der Waals surface area contributed by atoms with E-state index in [2.05, 4.69) is 16.4 Å². The second-order valence-corrected chi connectivity index (χ2v) is 8.53. The van der Waals surface area contributed by atoms with E-state index in [-0.39, 0.29) is 36.1 Å². The molecular formula is C23H25ClN4O5. The molecule has 0 saturated carbocycles. The zero-order valence-corrected chi connectivity index (χ0v) is 18.9. The number of benzene rings is 2. The SMILES string of the molecule is COc1cccc2c1CC[C@H]1CNC(CCn3c(=O)[nH]c4ccc([N+](=O)[O-])cc4c3=O)[C@@H]21.Cl. The van der Waals surface area contributed by atoms with E-state index in [0.717, 1.165) is 29.7 Å². The molecule has 1 aliphatic heterocycles. The fraction of sp³-hybridized carbons (Fsp3) is 0.391. The van der Waals surface area contributed by atoms with Crippen LogP contribution in [0.15, 0.2) is 46.0 Å². The molecular weight excluding hydrogens is 448 g/mol. The summed E-state index contributed by atoms with van der Waals surface area (Å²) >= 11 is 0. The third kappa shape index (κ3) is 3.91. The first kappa shape index (κ1) is 23.0. The molecule has 3 aromatic rings. The number of hydrogen-bond acceptors (Lipinski definition) is 6. The summed E-state index contributed by atoms with van der Waals surface area (Å²) in [5, 5.41) is 14.8. The Bertz CT molecular complexity index is 1330. The first-order valence-corrected chi connectivity index (χ1v) is 10.8. The van der Waals surface area contributed by atoms with Crippen LogP contribution in [-0.2, 0) is 13.0 Å². The molecule has 1 aromatic heterocycles. The van der Waals surface area contributed by atoms with Gasteiger partial charge >= 0.3 is 5.69 Å². The van der Waals surface area contributed by atoms with Crippen molar-refractivity contribution in [3.8, 4) is 5.75 Å². The number of non-ortho nitro benzene ring substituents is 1. The number of fused-ring (bicyclic) bond motifs is 4. The molecule has 5 rings (SSSR count). The molecule has 1 aliphatic carbocycles. The highest BCUT2D eigenvalue weighted by Crippen LogP contribution is 2.45. The molecule has 2 aliphatic rings. The second kappa shape index (κ2) is 8.99. The normalized spacial score (nSPS) is 21.2. The Hall–Kier alpha value is -3.17. The maximum atomic E-state index is 13.0. The number of aromatic nitrogens is 2. The van der Waals surface area contributed by atoms with Gasteiger partial charge in [-0.1, -0.05) is 12.1 Å². The highest BCUT2D eigenvalue weighted by molar-refractivity contribution is 5.85. The summed E-state index contributed by atoms with van der Waals surface area (Å²) in [5.41, 5.74) is 1.64. The molecule has 9 nitrogen and oxygen atoms in total. The van der Waals surface area contributed by atoms with E-state index in [4.69, 9.17) is 4.74 Å². The van der Waals surface area contributed by atoms with Crippen LogP contribution in [0.5, 0.6) is 5.75 Å². The number of rotatable bonds is 5. The molecule has 1 fully saturated rings. The van der Waals surface area contributed by atoms with Crippen LogP contribution < -0.4 is 21.3 Å². The lowest BCUT2D eigenvalue weighted by Gasteiger charge is -2.32. The van der Waals surface area contributed by atoms with Gasteiger partial charge in [0.25, 0.3) is 11.2 Å². The highest BCUT2D eigenvalue weighted by Gasteiger charge is 2.40. The first-order valence-electron chi connectivity index (χ1n) is 10.8. The first-order chi connectivity index (χ1) is 15.5. The van der Waals surface area contributed by atoms with Gasteiger partial charge in [-0.15, -0.1) is 12.4 Å². The summed E-state index contributed by atoms with van der Waals surface area (Å²) in [7, 11) is 1.69. The van der Waals surface area contributed by atoms with Crippen molar-refractivity contribution in [2.45, 2.75) is 37.8 Å². The number of nitrogens with zero attached hydrogens (tertiary/aromatic N) is 2. The average molecular weight is 473 g/mol. The van der Waals surface area contributed by atoms with Gasteiger partial charge < -0.3 is 15.0 Å². The summed E-state index contributed by atoms with van der Waals surface area (Å²) in [5.74, 6) is 1.72. The third-order valence-electron chi connectivity index (χ3n) is 6.94. The predicted molar refractivity (Wildman–Crippen MR) is 127 cm³/mol. The average Bonchev–Trinajstić information content (AvgIpc) is 3.21. The Kier molecular flexibility index (Phi) is 6.27. The van der Waals surface area contributed by atoms with E-state index in [1.165, 1.54) is 29.3 Å². The van der Waals surface area contributed by atoms with Gasteiger partial charge in [0.2, 0.25) is 0 Å². The fourth-order valence-electron chi connectivity index (χ4n) is 5.43. The number of methoxy groups -OCH3 is 1. The smallest absolute Gasteiger partial charge is 0.328 e. The van der Waals surface area contributed by atoms with Crippen LogP contribution in [0.2, 0.25) is 0 Å². The van der Waals surface area contributed by atoms with Crippen molar-refractivity contribution in [1.29, 1.82) is 0 Å². The lowest BCUT2D eigenvalue weighted by atomic mass is 9.73. The predicted octanol–water partition coefficient (Wildman–Crippen LogP) is 2.74. The number of nitrogens with one attached hydrogen (secondary N) is 2. The Morgan fingerprint density at radius 2 is 2.06 bits per heavy atom. The van der Waals surface area contributed by atoms with Gasteiger partial charge in [-0.25, -0.2) is 4.79 Å². The number of aromatic amines is 1. The monoisotopic (exact) mass is 472 g/mol. The third-order valence-corrected chi connectivity index (χ3v) is 6.94. The van der Waals surface area contributed by atoms with Gasteiger partial charge in [-0.05, 0) is 55.0 Å². The summed E-state index contributed by atoms with van der Waals surface area (Å²) in [4.78, 5) is 38.8. The van der Waals surface area contributed by atoms with Crippen LogP contribution in [0.1, 0.15) is 29.9 Å². The van der Waals surface area contributed by atoms with E-state index >= 15 is 0 Å². The molecule has 0 spiro atoms. The van der Waals surface area contributed by atoms with Crippen molar-refractivity contribution in [3.05, 3.63) is 78.5 Å². The van der Waals surface area contributed by atoms with Crippen molar-refractivity contribution < 1.29 is 9.66 Å². The molecule has 2 N–H and O–H groups in total. The minimum atomic E-state index is -0.550. The van der Waals surface area contributed by atoms with Crippen LogP contribution in [0, 0.1) is 16.0 Å². The van der Waals surface area contributed by atoms with Gasteiger partial charge in [-0.2, -0.15) is 0 Å². The summed E-state index contributed by atoms with van der Waals surface area (Å²) in [6.45, 7) is 1.13. The van der Waals surface area contributed by atoms with E-state index in [1.807, 2.05) is 12.1 Å². The molecule has 174 valence electrons. The lowest BCUT2D eigenvalue weighted by molar-refractivity contribution is -0.384. The summed E-state index contributed by atoms with van der Waals surface area (Å²) in [6.07, 6.45) is 2.65. The maximum Gasteiger partial charge on any atom is 0.328 e. The number of nitro benzene ring substituents is 1. The largest absolute Gasteiger partial charge is 0.496 e. The standard InChI is InChI=1S/C23H24N4O5.ClH/c1-32-20-4-2-3-16-15(20)7-5-13-12-24-19(21(13)16)9-10-26-22(28)17-11-14(27(30)31)6-8-18(17)25-23(26)29;/h2-4,6,8,11,13,19,21,24H,5,7,9-10,12H2,1H3,(H,25,29);1H/t13-,19?,21+;/m0./s1. The van der Waals surface area contributed by atoms with Crippen molar-refractivity contribution in [2.75, 3.05) is 13.7 Å². The molecule has 2 aromatic carbocycles. The van der Waals surface area contributed by atoms with E-state index in [9.17, 15) is 19.7 Å². The van der Waals surface area contributed by atoms with Crippen molar-refractivity contribution in [3.63, 3.8) is 0 Å². The number of hydrogen-bond donors (Lipinski definition) is 2. The highest BCUT2D eigenvalue weighted by atomic mass is 35.5. The van der Waals surface area contributed by atoms with E-state index < -0.39 is 16.2 Å². The molecule has 1 unspecified atom stereocenters. The van der Waals surface area contributed by atoms with Crippen molar-refractivity contribution in [1.82, 2.24) is 14.9 Å².